The number of hydrogen-bond donors (Lipinski definition) is 1. The van der Waals surface area contributed by atoms with Crippen molar-refractivity contribution < 1.29 is 0 Å². The second kappa shape index (κ2) is 8.39. The highest BCUT2D eigenvalue weighted by molar-refractivity contribution is 14.1. The van der Waals surface area contributed by atoms with E-state index < -0.39 is 0 Å². The molecule has 102 valence electrons. The molecule has 0 aliphatic carbocycles. The molecule has 0 radical (unpaired) electrons. The number of rotatable bonds is 7. The van der Waals surface area contributed by atoms with Gasteiger partial charge in [0.05, 0.1) is 0 Å². The van der Waals surface area contributed by atoms with Gasteiger partial charge >= 0.3 is 0 Å². The van der Waals surface area contributed by atoms with Crippen LogP contribution in [0.3, 0.4) is 0 Å². The van der Waals surface area contributed by atoms with Crippen LogP contribution in [0.5, 0.6) is 0 Å². The molecule has 0 heterocycles. The fourth-order valence-corrected chi connectivity index (χ4v) is 3.02. The van der Waals surface area contributed by atoms with Crippen LogP contribution in [0.15, 0.2) is 18.2 Å². The molecule has 0 saturated heterocycles. The molecule has 1 aromatic carbocycles. The maximum absolute atomic E-state index is 6.11. The van der Waals surface area contributed by atoms with Gasteiger partial charge < -0.3 is 5.32 Å². The Morgan fingerprint density at radius 3 is 2.61 bits per heavy atom. The number of benzene rings is 1. The van der Waals surface area contributed by atoms with Crippen molar-refractivity contribution in [2.75, 3.05) is 6.54 Å². The second-order valence-corrected chi connectivity index (χ2v) is 6.70. The first-order chi connectivity index (χ1) is 8.54. The molecular weight excluding hydrogens is 357 g/mol. The molecule has 1 N–H and O–H groups in total. The molecule has 0 aliphatic rings. The minimum atomic E-state index is 0.430. The van der Waals surface area contributed by atoms with Gasteiger partial charge in [0.1, 0.15) is 0 Å². The molecule has 3 heteroatoms. The van der Waals surface area contributed by atoms with Crippen molar-refractivity contribution in [1.29, 1.82) is 0 Å². The largest absolute Gasteiger partial charge is 0.310 e. The molecule has 0 aliphatic heterocycles. The zero-order chi connectivity index (χ0) is 13.5. The van der Waals surface area contributed by atoms with Gasteiger partial charge in [-0.15, -0.1) is 0 Å². The standard InChI is InChI=1S/C15H23ClIN/c1-4-18-15(7-5-6-11(2)3)13-10-12(16)8-9-14(13)17/h8-11,15,18H,4-7H2,1-3H3. The molecule has 1 rings (SSSR count). The molecule has 1 nitrogen and oxygen atoms in total. The lowest BCUT2D eigenvalue weighted by atomic mass is 9.98. The fraction of sp³-hybridized carbons (Fsp3) is 0.600. The van der Waals surface area contributed by atoms with E-state index in [-0.39, 0.29) is 0 Å². The Morgan fingerprint density at radius 1 is 1.28 bits per heavy atom. The third-order valence-corrected chi connectivity index (χ3v) is 4.28. The first kappa shape index (κ1) is 16.3. The maximum Gasteiger partial charge on any atom is 0.0410 e. The molecule has 0 saturated carbocycles. The molecule has 0 amide bonds. The molecule has 0 fully saturated rings. The van der Waals surface area contributed by atoms with Gasteiger partial charge in [-0.1, -0.05) is 45.2 Å². The van der Waals surface area contributed by atoms with Crippen LogP contribution >= 0.6 is 34.2 Å². The highest BCUT2D eigenvalue weighted by Gasteiger charge is 2.14. The zero-order valence-corrected chi connectivity index (χ0v) is 14.4. The lowest BCUT2D eigenvalue weighted by Crippen LogP contribution is -2.21. The average molecular weight is 380 g/mol. The summed E-state index contributed by atoms with van der Waals surface area (Å²) in [4.78, 5) is 0. The van der Waals surface area contributed by atoms with E-state index in [9.17, 15) is 0 Å². The van der Waals surface area contributed by atoms with Gasteiger partial charge in [0.25, 0.3) is 0 Å². The van der Waals surface area contributed by atoms with Crippen LogP contribution in [0.1, 0.15) is 51.6 Å². The van der Waals surface area contributed by atoms with Crippen LogP contribution in [0, 0.1) is 9.49 Å². The van der Waals surface area contributed by atoms with E-state index in [1.807, 2.05) is 6.07 Å². The summed E-state index contributed by atoms with van der Waals surface area (Å²) >= 11 is 8.51. The summed E-state index contributed by atoms with van der Waals surface area (Å²) in [6.45, 7) is 7.72. The molecule has 0 spiro atoms. The van der Waals surface area contributed by atoms with Crippen LogP contribution in [0.4, 0.5) is 0 Å². The Kier molecular flexibility index (Phi) is 7.57. The summed E-state index contributed by atoms with van der Waals surface area (Å²) in [7, 11) is 0. The lowest BCUT2D eigenvalue weighted by Gasteiger charge is -2.20. The average Bonchev–Trinajstić information content (AvgIpc) is 2.31. The van der Waals surface area contributed by atoms with Crippen molar-refractivity contribution in [3.05, 3.63) is 32.4 Å². The third-order valence-electron chi connectivity index (χ3n) is 3.06. The van der Waals surface area contributed by atoms with Crippen molar-refractivity contribution in [3.8, 4) is 0 Å². The van der Waals surface area contributed by atoms with Gasteiger partial charge in [-0.3, -0.25) is 0 Å². The first-order valence-electron chi connectivity index (χ1n) is 6.73. The lowest BCUT2D eigenvalue weighted by molar-refractivity contribution is 0.454. The van der Waals surface area contributed by atoms with E-state index in [2.05, 4.69) is 60.8 Å². The minimum absolute atomic E-state index is 0.430. The summed E-state index contributed by atoms with van der Waals surface area (Å²) < 4.78 is 1.30. The molecular formula is C15H23ClIN. The van der Waals surface area contributed by atoms with E-state index in [1.165, 1.54) is 28.4 Å². The summed E-state index contributed by atoms with van der Waals surface area (Å²) in [5.74, 6) is 0.783. The minimum Gasteiger partial charge on any atom is -0.310 e. The summed E-state index contributed by atoms with van der Waals surface area (Å²) in [5.41, 5.74) is 1.34. The van der Waals surface area contributed by atoms with E-state index in [1.54, 1.807) is 0 Å². The van der Waals surface area contributed by atoms with Gasteiger partial charge in [-0.05, 0) is 65.2 Å². The van der Waals surface area contributed by atoms with Crippen molar-refractivity contribution in [1.82, 2.24) is 5.32 Å². The van der Waals surface area contributed by atoms with Gasteiger partial charge in [0.2, 0.25) is 0 Å². The topological polar surface area (TPSA) is 12.0 Å². The second-order valence-electron chi connectivity index (χ2n) is 5.10. The monoisotopic (exact) mass is 379 g/mol. The van der Waals surface area contributed by atoms with Crippen LogP contribution < -0.4 is 5.32 Å². The quantitative estimate of drug-likeness (QED) is 0.624. The third kappa shape index (κ3) is 5.45. The van der Waals surface area contributed by atoms with Crippen molar-refractivity contribution in [2.45, 2.75) is 46.1 Å². The van der Waals surface area contributed by atoms with Crippen molar-refractivity contribution >= 4 is 34.2 Å². The Bertz CT molecular complexity index is 366. The number of halogens is 2. The van der Waals surface area contributed by atoms with Gasteiger partial charge in [0, 0.05) is 14.6 Å². The fourth-order valence-electron chi connectivity index (χ4n) is 2.13. The Morgan fingerprint density at radius 2 is 2.00 bits per heavy atom. The predicted molar refractivity (Wildman–Crippen MR) is 89.3 cm³/mol. The molecule has 1 aromatic rings. The van der Waals surface area contributed by atoms with E-state index in [0.717, 1.165) is 17.5 Å². The van der Waals surface area contributed by atoms with Gasteiger partial charge in [-0.2, -0.15) is 0 Å². The van der Waals surface area contributed by atoms with E-state index in [4.69, 9.17) is 11.6 Å². The number of hydrogen-bond acceptors (Lipinski definition) is 1. The molecule has 0 bridgehead atoms. The summed E-state index contributed by atoms with van der Waals surface area (Å²) in [6.07, 6.45) is 3.74. The normalized spacial score (nSPS) is 13.0. The van der Waals surface area contributed by atoms with Crippen LogP contribution in [-0.4, -0.2) is 6.54 Å². The van der Waals surface area contributed by atoms with Crippen LogP contribution in [0.25, 0.3) is 0 Å². The smallest absolute Gasteiger partial charge is 0.0410 e. The Labute approximate surface area is 130 Å². The maximum atomic E-state index is 6.11. The molecule has 0 aromatic heterocycles. The SMILES string of the molecule is CCNC(CCCC(C)C)c1cc(Cl)ccc1I. The summed E-state index contributed by atoms with van der Waals surface area (Å²) in [6, 6.07) is 6.60. The van der Waals surface area contributed by atoms with E-state index in [0.29, 0.717) is 6.04 Å². The van der Waals surface area contributed by atoms with Crippen LogP contribution in [0.2, 0.25) is 5.02 Å². The van der Waals surface area contributed by atoms with Crippen molar-refractivity contribution in [2.24, 2.45) is 5.92 Å². The molecule has 1 atom stereocenters. The zero-order valence-electron chi connectivity index (χ0n) is 11.5. The first-order valence-corrected chi connectivity index (χ1v) is 8.18. The highest BCUT2D eigenvalue weighted by Crippen LogP contribution is 2.27. The predicted octanol–water partition coefficient (Wildman–Crippen LogP) is 5.42. The summed E-state index contributed by atoms with van der Waals surface area (Å²) in [5, 5.41) is 4.41. The van der Waals surface area contributed by atoms with E-state index >= 15 is 0 Å². The van der Waals surface area contributed by atoms with Gasteiger partial charge in [0.15, 0.2) is 0 Å². The molecule has 1 unspecified atom stereocenters. The van der Waals surface area contributed by atoms with Crippen LogP contribution in [-0.2, 0) is 0 Å². The highest BCUT2D eigenvalue weighted by atomic mass is 127. The molecule has 18 heavy (non-hydrogen) atoms. The Hall–Kier alpha value is 0.200. The van der Waals surface area contributed by atoms with Crippen molar-refractivity contribution in [3.63, 3.8) is 0 Å². The number of nitrogens with one attached hydrogen (secondary N) is 1. The Balaban J connectivity index is 2.73. The van der Waals surface area contributed by atoms with Gasteiger partial charge in [-0.25, -0.2) is 0 Å².